The van der Waals surface area contributed by atoms with E-state index >= 15 is 0 Å². The van der Waals surface area contributed by atoms with Crippen LogP contribution < -0.4 is 16.0 Å². The summed E-state index contributed by atoms with van der Waals surface area (Å²) in [4.78, 5) is 24.7. The molecule has 1 aromatic carbocycles. The molecule has 0 aromatic heterocycles. The van der Waals surface area contributed by atoms with E-state index in [0.717, 1.165) is 36.5 Å². The van der Waals surface area contributed by atoms with Gasteiger partial charge in [-0.15, -0.1) is 24.2 Å². The topological polar surface area (TPSA) is 79.5 Å². The quantitative estimate of drug-likeness (QED) is 0.612. The first-order valence-electron chi connectivity index (χ1n) is 8.43. The molecule has 26 heavy (non-hydrogen) atoms. The Morgan fingerprint density at radius 1 is 1.31 bits per heavy atom. The van der Waals surface area contributed by atoms with Crippen molar-refractivity contribution in [2.75, 3.05) is 44.9 Å². The highest BCUT2D eigenvalue weighted by Crippen LogP contribution is 2.29. The molecule has 3 N–H and O–H groups in total. The maximum atomic E-state index is 12.6. The number of methoxy groups -OCH3 is 1. The predicted octanol–water partition coefficient (Wildman–Crippen LogP) is 2.53. The Kier molecular flexibility index (Phi) is 9.43. The molecule has 1 aromatic rings. The highest BCUT2D eigenvalue weighted by Gasteiger charge is 2.32. The van der Waals surface area contributed by atoms with Crippen LogP contribution in [0, 0.1) is 5.41 Å². The zero-order chi connectivity index (χ0) is 18.3. The fourth-order valence-corrected chi connectivity index (χ4v) is 3.71. The molecule has 0 atom stereocenters. The van der Waals surface area contributed by atoms with Crippen molar-refractivity contribution < 1.29 is 14.3 Å². The van der Waals surface area contributed by atoms with Gasteiger partial charge in [-0.2, -0.15) is 0 Å². The van der Waals surface area contributed by atoms with E-state index in [1.807, 2.05) is 12.3 Å². The highest BCUT2D eigenvalue weighted by molar-refractivity contribution is 7.98. The van der Waals surface area contributed by atoms with Gasteiger partial charge in [0, 0.05) is 36.5 Å². The SMILES string of the molecule is COCC1(CNC(=O)c2ccc(NC(C)=O)c(SC)c2)CCNCC1.Cl. The largest absolute Gasteiger partial charge is 0.384 e. The molecule has 1 heterocycles. The molecule has 146 valence electrons. The molecule has 2 rings (SSSR count). The van der Waals surface area contributed by atoms with Gasteiger partial charge in [0.2, 0.25) is 5.91 Å². The third-order valence-electron chi connectivity index (χ3n) is 4.51. The highest BCUT2D eigenvalue weighted by atomic mass is 35.5. The zero-order valence-electron chi connectivity index (χ0n) is 15.5. The number of rotatable bonds is 7. The van der Waals surface area contributed by atoms with Crippen molar-refractivity contribution in [2.24, 2.45) is 5.41 Å². The lowest BCUT2D eigenvalue weighted by Crippen LogP contribution is -2.47. The first-order chi connectivity index (χ1) is 12.0. The number of ether oxygens (including phenoxy) is 1. The number of piperidine rings is 1. The number of amides is 2. The molecule has 1 fully saturated rings. The molecule has 0 aliphatic carbocycles. The van der Waals surface area contributed by atoms with Gasteiger partial charge in [0.15, 0.2) is 0 Å². The summed E-state index contributed by atoms with van der Waals surface area (Å²) in [5.74, 6) is -0.224. The lowest BCUT2D eigenvalue weighted by Gasteiger charge is -2.37. The number of nitrogens with one attached hydrogen (secondary N) is 3. The first kappa shape index (κ1) is 22.8. The number of halogens is 1. The van der Waals surface area contributed by atoms with Crippen molar-refractivity contribution >= 4 is 41.7 Å². The molecule has 0 unspecified atom stereocenters. The van der Waals surface area contributed by atoms with Crippen molar-refractivity contribution in [3.63, 3.8) is 0 Å². The summed E-state index contributed by atoms with van der Waals surface area (Å²) in [5.41, 5.74) is 1.32. The minimum Gasteiger partial charge on any atom is -0.384 e. The van der Waals surface area contributed by atoms with Gasteiger partial charge in [-0.25, -0.2) is 0 Å². The summed E-state index contributed by atoms with van der Waals surface area (Å²) < 4.78 is 5.39. The number of carbonyl (C=O) groups excluding carboxylic acids is 2. The lowest BCUT2D eigenvalue weighted by atomic mass is 9.79. The Balaban J connectivity index is 0.00000338. The van der Waals surface area contributed by atoms with Crippen molar-refractivity contribution in [1.82, 2.24) is 10.6 Å². The van der Waals surface area contributed by atoms with Crippen LogP contribution in [0.3, 0.4) is 0 Å². The summed E-state index contributed by atoms with van der Waals surface area (Å²) in [6.07, 6.45) is 3.89. The van der Waals surface area contributed by atoms with Crippen LogP contribution in [0.5, 0.6) is 0 Å². The molecular weight excluding hydrogens is 374 g/mol. The van der Waals surface area contributed by atoms with E-state index in [4.69, 9.17) is 4.74 Å². The molecule has 0 radical (unpaired) electrons. The normalized spacial score (nSPS) is 15.7. The standard InChI is InChI=1S/C18H27N3O3S.ClH/c1-13(22)21-15-5-4-14(10-16(15)25-3)17(23)20-11-18(12-24-2)6-8-19-9-7-18;/h4-5,10,19H,6-9,11-12H2,1-3H3,(H,20,23)(H,21,22);1H. The molecule has 8 heteroatoms. The van der Waals surface area contributed by atoms with E-state index in [-0.39, 0.29) is 29.6 Å². The summed E-state index contributed by atoms with van der Waals surface area (Å²) in [6, 6.07) is 5.33. The van der Waals surface area contributed by atoms with Crippen LogP contribution in [-0.4, -0.2) is 51.4 Å². The van der Waals surface area contributed by atoms with E-state index in [1.165, 1.54) is 18.7 Å². The van der Waals surface area contributed by atoms with Gasteiger partial charge in [0.25, 0.3) is 5.91 Å². The van der Waals surface area contributed by atoms with Gasteiger partial charge in [-0.1, -0.05) is 0 Å². The molecule has 1 saturated heterocycles. The van der Waals surface area contributed by atoms with Gasteiger partial charge in [0.1, 0.15) is 0 Å². The van der Waals surface area contributed by atoms with E-state index < -0.39 is 0 Å². The van der Waals surface area contributed by atoms with Gasteiger partial charge in [0.05, 0.1) is 12.3 Å². The second-order valence-corrected chi connectivity index (χ2v) is 7.31. The van der Waals surface area contributed by atoms with Crippen molar-refractivity contribution in [1.29, 1.82) is 0 Å². The summed E-state index contributed by atoms with van der Waals surface area (Å²) >= 11 is 1.50. The molecule has 0 spiro atoms. The maximum absolute atomic E-state index is 12.6. The van der Waals surface area contributed by atoms with Crippen LogP contribution in [0.2, 0.25) is 0 Å². The molecule has 0 saturated carbocycles. The summed E-state index contributed by atoms with van der Waals surface area (Å²) in [5, 5.41) is 9.19. The van der Waals surface area contributed by atoms with Crippen LogP contribution in [0.25, 0.3) is 0 Å². The Bertz CT molecular complexity index is 616. The van der Waals surface area contributed by atoms with Crippen LogP contribution in [0.4, 0.5) is 5.69 Å². The molecule has 6 nitrogen and oxygen atoms in total. The maximum Gasteiger partial charge on any atom is 0.251 e. The minimum atomic E-state index is -0.125. The smallest absolute Gasteiger partial charge is 0.251 e. The Morgan fingerprint density at radius 3 is 2.58 bits per heavy atom. The molecule has 1 aliphatic heterocycles. The van der Waals surface area contributed by atoms with E-state index in [2.05, 4.69) is 16.0 Å². The third-order valence-corrected chi connectivity index (χ3v) is 5.29. The molecular formula is C18H28ClN3O3S. The van der Waals surface area contributed by atoms with Crippen LogP contribution in [0.1, 0.15) is 30.1 Å². The second kappa shape index (κ2) is 10.8. The van der Waals surface area contributed by atoms with Gasteiger partial charge in [-0.3, -0.25) is 9.59 Å². The van der Waals surface area contributed by atoms with Crippen LogP contribution in [0.15, 0.2) is 23.1 Å². The second-order valence-electron chi connectivity index (χ2n) is 6.46. The molecule has 1 aliphatic rings. The molecule has 0 bridgehead atoms. The van der Waals surface area contributed by atoms with Crippen molar-refractivity contribution in [3.05, 3.63) is 23.8 Å². The van der Waals surface area contributed by atoms with Gasteiger partial charge in [-0.05, 0) is 50.4 Å². The Morgan fingerprint density at radius 2 is 2.00 bits per heavy atom. The monoisotopic (exact) mass is 401 g/mol. The van der Waals surface area contributed by atoms with Gasteiger partial charge < -0.3 is 20.7 Å². The van der Waals surface area contributed by atoms with E-state index in [0.29, 0.717) is 18.7 Å². The fraction of sp³-hybridized carbons (Fsp3) is 0.556. The fourth-order valence-electron chi connectivity index (χ4n) is 3.13. The van der Waals surface area contributed by atoms with Gasteiger partial charge >= 0.3 is 0 Å². The summed E-state index contributed by atoms with van der Waals surface area (Å²) in [6.45, 7) is 4.61. The third kappa shape index (κ3) is 6.16. The lowest BCUT2D eigenvalue weighted by molar-refractivity contribution is -0.114. The number of carbonyl (C=O) groups is 2. The number of anilines is 1. The van der Waals surface area contributed by atoms with Crippen LogP contribution in [-0.2, 0) is 9.53 Å². The Labute approximate surface area is 165 Å². The van der Waals surface area contributed by atoms with E-state index in [1.54, 1.807) is 19.2 Å². The predicted molar refractivity (Wildman–Crippen MR) is 109 cm³/mol. The first-order valence-corrected chi connectivity index (χ1v) is 9.66. The van der Waals surface area contributed by atoms with Crippen LogP contribution >= 0.6 is 24.2 Å². The number of benzene rings is 1. The van der Waals surface area contributed by atoms with Crippen molar-refractivity contribution in [2.45, 2.75) is 24.7 Å². The number of thioether (sulfide) groups is 1. The minimum absolute atomic E-state index is 0. The average Bonchev–Trinajstić information content (AvgIpc) is 2.60. The summed E-state index contributed by atoms with van der Waals surface area (Å²) in [7, 11) is 1.71. The number of hydrogen-bond donors (Lipinski definition) is 3. The molecule has 2 amide bonds. The zero-order valence-corrected chi connectivity index (χ0v) is 17.1. The van der Waals surface area contributed by atoms with E-state index in [9.17, 15) is 9.59 Å². The number of hydrogen-bond acceptors (Lipinski definition) is 5. The average molecular weight is 402 g/mol. The van der Waals surface area contributed by atoms with Crippen molar-refractivity contribution in [3.8, 4) is 0 Å². The Hall–Kier alpha value is -1.28.